The molecule has 0 bridgehead atoms. The third-order valence-corrected chi connectivity index (χ3v) is 6.50. The van der Waals surface area contributed by atoms with Gasteiger partial charge in [0, 0.05) is 10.8 Å². The van der Waals surface area contributed by atoms with E-state index in [1.54, 1.807) is 11.3 Å². The van der Waals surface area contributed by atoms with Gasteiger partial charge in [-0.05, 0) is 59.7 Å². The molecule has 4 rings (SSSR count). The fourth-order valence-corrected chi connectivity index (χ4v) is 4.85. The van der Waals surface area contributed by atoms with E-state index in [0.29, 0.717) is 5.92 Å². The molecular formula is C24H23F3OS. The van der Waals surface area contributed by atoms with Crippen LogP contribution in [0.4, 0.5) is 13.2 Å². The first-order valence-corrected chi connectivity index (χ1v) is 10.9. The van der Waals surface area contributed by atoms with Crippen LogP contribution < -0.4 is 4.74 Å². The second-order valence-electron chi connectivity index (χ2n) is 7.55. The van der Waals surface area contributed by atoms with E-state index in [-0.39, 0.29) is 6.10 Å². The molecule has 1 saturated carbocycles. The van der Waals surface area contributed by atoms with Crippen LogP contribution in [0.5, 0.6) is 5.75 Å². The monoisotopic (exact) mass is 416 g/mol. The molecular weight excluding hydrogens is 393 g/mol. The fraction of sp³-hybridized carbons (Fsp3) is 0.333. The van der Waals surface area contributed by atoms with Gasteiger partial charge in [0.1, 0.15) is 11.9 Å². The quantitative estimate of drug-likeness (QED) is 0.408. The average Bonchev–Trinajstić information content (AvgIpc) is 3.27. The van der Waals surface area contributed by atoms with Crippen molar-refractivity contribution in [1.82, 2.24) is 0 Å². The molecule has 0 radical (unpaired) electrons. The molecule has 1 nitrogen and oxygen atoms in total. The van der Waals surface area contributed by atoms with Gasteiger partial charge in [0.15, 0.2) is 0 Å². The maximum atomic E-state index is 12.8. The van der Waals surface area contributed by atoms with Crippen LogP contribution in [0.3, 0.4) is 0 Å². The SMILES string of the molecule is FC(F)(F)c1ccc(-c2ccc(OC(c3cccs3)C3CCCCC3)cc2)cc1. The number of benzene rings is 2. The minimum absolute atomic E-state index is 0.0622. The van der Waals surface area contributed by atoms with Crippen LogP contribution in [0, 0.1) is 5.92 Å². The molecule has 152 valence electrons. The van der Waals surface area contributed by atoms with E-state index in [4.69, 9.17) is 4.74 Å². The summed E-state index contributed by atoms with van der Waals surface area (Å²) in [6.45, 7) is 0. The van der Waals surface area contributed by atoms with Crippen LogP contribution in [-0.4, -0.2) is 0 Å². The van der Waals surface area contributed by atoms with Gasteiger partial charge in [0.25, 0.3) is 0 Å². The van der Waals surface area contributed by atoms with Crippen molar-refractivity contribution < 1.29 is 17.9 Å². The van der Waals surface area contributed by atoms with Gasteiger partial charge in [-0.3, -0.25) is 0 Å². The topological polar surface area (TPSA) is 9.23 Å². The van der Waals surface area contributed by atoms with Gasteiger partial charge in [-0.1, -0.05) is 49.6 Å². The molecule has 0 saturated heterocycles. The van der Waals surface area contributed by atoms with Crippen molar-refractivity contribution >= 4 is 11.3 Å². The number of hydrogen-bond donors (Lipinski definition) is 0. The fourth-order valence-electron chi connectivity index (χ4n) is 4.00. The summed E-state index contributed by atoms with van der Waals surface area (Å²) in [6.07, 6.45) is 1.93. The number of hydrogen-bond acceptors (Lipinski definition) is 2. The Balaban J connectivity index is 1.50. The zero-order chi connectivity index (χ0) is 20.3. The molecule has 0 spiro atoms. The highest BCUT2D eigenvalue weighted by Crippen LogP contribution is 2.39. The second-order valence-corrected chi connectivity index (χ2v) is 8.53. The normalized spacial score (nSPS) is 16.5. The van der Waals surface area contributed by atoms with Gasteiger partial charge < -0.3 is 4.74 Å². The van der Waals surface area contributed by atoms with Crippen molar-refractivity contribution in [2.45, 2.75) is 44.4 Å². The predicted molar refractivity (Wildman–Crippen MR) is 111 cm³/mol. The van der Waals surface area contributed by atoms with Gasteiger partial charge in [0.05, 0.1) is 5.56 Å². The lowest BCUT2D eigenvalue weighted by molar-refractivity contribution is -0.137. The molecule has 29 heavy (non-hydrogen) atoms. The summed E-state index contributed by atoms with van der Waals surface area (Å²) in [7, 11) is 0. The standard InChI is InChI=1S/C24H23F3OS/c25-24(26,27)20-12-8-17(9-13-20)18-10-14-21(15-11-18)28-23(22-7-4-16-29-22)19-5-2-1-3-6-19/h4,7-16,19,23H,1-3,5-6H2. The molecule has 1 atom stereocenters. The minimum atomic E-state index is -4.31. The molecule has 1 aromatic heterocycles. The maximum Gasteiger partial charge on any atom is 0.416 e. The van der Waals surface area contributed by atoms with Crippen molar-refractivity contribution in [2.75, 3.05) is 0 Å². The summed E-state index contributed by atoms with van der Waals surface area (Å²) in [5, 5.41) is 2.09. The van der Waals surface area contributed by atoms with Crippen LogP contribution in [0.15, 0.2) is 66.0 Å². The van der Waals surface area contributed by atoms with Crippen molar-refractivity contribution in [2.24, 2.45) is 5.92 Å². The van der Waals surface area contributed by atoms with Crippen molar-refractivity contribution in [1.29, 1.82) is 0 Å². The first-order valence-electron chi connectivity index (χ1n) is 9.98. The lowest BCUT2D eigenvalue weighted by Crippen LogP contribution is -2.20. The average molecular weight is 417 g/mol. The Morgan fingerprint density at radius 2 is 1.45 bits per heavy atom. The molecule has 1 heterocycles. The van der Waals surface area contributed by atoms with Gasteiger partial charge in [-0.25, -0.2) is 0 Å². The minimum Gasteiger partial charge on any atom is -0.485 e. The van der Waals surface area contributed by atoms with Crippen LogP contribution in [0.2, 0.25) is 0 Å². The van der Waals surface area contributed by atoms with E-state index in [1.807, 2.05) is 24.3 Å². The molecule has 1 aliphatic rings. The Hall–Kier alpha value is -2.27. The Morgan fingerprint density at radius 1 is 0.828 bits per heavy atom. The zero-order valence-electron chi connectivity index (χ0n) is 16.0. The second kappa shape index (κ2) is 8.62. The Morgan fingerprint density at radius 3 is 2.00 bits per heavy atom. The summed E-state index contributed by atoms with van der Waals surface area (Å²) in [6, 6.07) is 17.1. The summed E-state index contributed by atoms with van der Waals surface area (Å²) in [5.74, 6) is 1.32. The molecule has 3 aromatic rings. The highest BCUT2D eigenvalue weighted by molar-refractivity contribution is 7.10. The number of ether oxygens (including phenoxy) is 1. The third-order valence-electron chi connectivity index (χ3n) is 5.56. The van der Waals surface area contributed by atoms with Crippen LogP contribution in [-0.2, 0) is 6.18 Å². The summed E-state index contributed by atoms with van der Waals surface area (Å²) < 4.78 is 44.7. The Bertz CT molecular complexity index is 893. The van der Waals surface area contributed by atoms with E-state index < -0.39 is 11.7 Å². The van der Waals surface area contributed by atoms with E-state index >= 15 is 0 Å². The zero-order valence-corrected chi connectivity index (χ0v) is 16.8. The van der Waals surface area contributed by atoms with E-state index in [9.17, 15) is 13.2 Å². The molecule has 5 heteroatoms. The third kappa shape index (κ3) is 4.84. The maximum absolute atomic E-state index is 12.8. The van der Waals surface area contributed by atoms with Gasteiger partial charge >= 0.3 is 6.18 Å². The molecule has 2 aromatic carbocycles. The van der Waals surface area contributed by atoms with Gasteiger partial charge in [-0.15, -0.1) is 11.3 Å². The lowest BCUT2D eigenvalue weighted by Gasteiger charge is -2.30. The number of rotatable bonds is 5. The largest absolute Gasteiger partial charge is 0.485 e. The smallest absolute Gasteiger partial charge is 0.416 e. The van der Waals surface area contributed by atoms with Crippen LogP contribution >= 0.6 is 11.3 Å². The lowest BCUT2D eigenvalue weighted by atomic mass is 9.84. The Kier molecular flexibility index (Phi) is 5.95. The molecule has 1 fully saturated rings. The first kappa shape index (κ1) is 20.0. The summed E-state index contributed by atoms with van der Waals surface area (Å²) >= 11 is 1.73. The van der Waals surface area contributed by atoms with Gasteiger partial charge in [-0.2, -0.15) is 13.2 Å². The highest BCUT2D eigenvalue weighted by Gasteiger charge is 2.30. The van der Waals surface area contributed by atoms with Crippen molar-refractivity contribution in [3.05, 3.63) is 76.5 Å². The molecule has 0 amide bonds. The number of thiophene rings is 1. The molecule has 0 N–H and O–H groups in total. The summed E-state index contributed by atoms with van der Waals surface area (Å²) in [4.78, 5) is 1.25. The predicted octanol–water partition coefficient (Wildman–Crippen LogP) is 8.13. The van der Waals surface area contributed by atoms with E-state index in [1.165, 1.54) is 49.1 Å². The Labute approximate surface area is 173 Å². The van der Waals surface area contributed by atoms with Crippen LogP contribution in [0.1, 0.15) is 48.6 Å². The van der Waals surface area contributed by atoms with E-state index in [2.05, 4.69) is 17.5 Å². The van der Waals surface area contributed by atoms with E-state index in [0.717, 1.165) is 29.0 Å². The highest BCUT2D eigenvalue weighted by atomic mass is 32.1. The van der Waals surface area contributed by atoms with Gasteiger partial charge in [0.2, 0.25) is 0 Å². The molecule has 1 aliphatic carbocycles. The molecule has 1 unspecified atom stereocenters. The first-order chi connectivity index (χ1) is 14.0. The van der Waals surface area contributed by atoms with Crippen molar-refractivity contribution in [3.8, 4) is 16.9 Å². The number of alkyl halides is 3. The molecule has 0 aliphatic heterocycles. The summed E-state index contributed by atoms with van der Waals surface area (Å²) in [5.41, 5.74) is 0.996. The van der Waals surface area contributed by atoms with Crippen LogP contribution in [0.25, 0.3) is 11.1 Å². The number of halogens is 3. The van der Waals surface area contributed by atoms with Crippen molar-refractivity contribution in [3.63, 3.8) is 0 Å².